The number of rotatable bonds is 2. The van der Waals surface area contributed by atoms with Crippen LogP contribution in [0, 0.1) is 5.82 Å². The highest BCUT2D eigenvalue weighted by atomic mass is 79.9. The molecule has 0 radical (unpaired) electrons. The van der Waals surface area contributed by atoms with Gasteiger partial charge in [-0.1, -0.05) is 30.0 Å². The van der Waals surface area contributed by atoms with Crippen LogP contribution < -0.4 is 4.90 Å². The quantitative estimate of drug-likeness (QED) is 0.560. The highest BCUT2D eigenvalue weighted by Crippen LogP contribution is 2.36. The van der Waals surface area contributed by atoms with Gasteiger partial charge in [0.2, 0.25) is 0 Å². The number of nitrogens with zero attached hydrogens (tertiary/aromatic N) is 1. The number of thioether (sulfide) groups is 1. The first kappa shape index (κ1) is 14.5. The van der Waals surface area contributed by atoms with Gasteiger partial charge < -0.3 is 4.42 Å². The molecule has 0 aliphatic carbocycles. The number of benzene rings is 1. The molecule has 0 bridgehead atoms. The van der Waals surface area contributed by atoms with Crippen molar-refractivity contribution in [3.8, 4) is 0 Å². The second kappa shape index (κ2) is 5.75. The Bertz CT molecular complexity index is 772. The molecule has 0 saturated carbocycles. The predicted octanol–water partition coefficient (Wildman–Crippen LogP) is 4.59. The van der Waals surface area contributed by atoms with Gasteiger partial charge in [-0.2, -0.15) is 0 Å². The molecule has 0 atom stereocenters. The number of amides is 1. The van der Waals surface area contributed by atoms with Crippen molar-refractivity contribution in [2.45, 2.75) is 0 Å². The van der Waals surface area contributed by atoms with E-state index in [0.717, 1.165) is 11.8 Å². The standard InChI is InChI=1S/C14H7BrFNO2S2/c15-12-5-4-10(19-12)7-11-13(18)17(14(20)21-11)9-3-1-2-8(16)6-9/h1-7H/b11-7-. The molecule has 1 aliphatic heterocycles. The fourth-order valence-corrected chi connectivity index (χ4v) is 3.44. The lowest BCUT2D eigenvalue weighted by Crippen LogP contribution is -2.27. The molecule has 1 fully saturated rings. The lowest BCUT2D eigenvalue weighted by atomic mass is 10.2. The summed E-state index contributed by atoms with van der Waals surface area (Å²) in [5, 5.41) is 0. The molecule has 2 aromatic rings. The van der Waals surface area contributed by atoms with Crippen LogP contribution in [0.4, 0.5) is 10.1 Å². The summed E-state index contributed by atoms with van der Waals surface area (Å²) in [5.74, 6) is -0.162. The van der Waals surface area contributed by atoms with Crippen LogP contribution in [0.3, 0.4) is 0 Å². The maximum absolute atomic E-state index is 13.3. The first-order chi connectivity index (χ1) is 10.0. The Morgan fingerprint density at radius 1 is 1.33 bits per heavy atom. The van der Waals surface area contributed by atoms with E-state index < -0.39 is 5.82 Å². The summed E-state index contributed by atoms with van der Waals surface area (Å²) in [5.41, 5.74) is 0.418. The normalized spacial score (nSPS) is 17.0. The Morgan fingerprint density at radius 2 is 2.14 bits per heavy atom. The zero-order chi connectivity index (χ0) is 15.0. The van der Waals surface area contributed by atoms with Crippen LogP contribution in [0.2, 0.25) is 0 Å². The Morgan fingerprint density at radius 3 is 2.81 bits per heavy atom. The molecule has 0 spiro atoms. The minimum absolute atomic E-state index is 0.289. The number of furan rings is 1. The van der Waals surface area contributed by atoms with E-state index in [1.807, 2.05) is 0 Å². The molecule has 7 heteroatoms. The Kier molecular flexibility index (Phi) is 3.97. The van der Waals surface area contributed by atoms with Crippen LogP contribution in [-0.4, -0.2) is 10.2 Å². The van der Waals surface area contributed by atoms with Crippen LogP contribution in [0.5, 0.6) is 0 Å². The van der Waals surface area contributed by atoms with Gasteiger partial charge in [-0.15, -0.1) is 0 Å². The molecule has 2 heterocycles. The van der Waals surface area contributed by atoms with Gasteiger partial charge in [0.15, 0.2) is 8.99 Å². The number of carbonyl (C=O) groups is 1. The van der Waals surface area contributed by atoms with Gasteiger partial charge in [0.25, 0.3) is 5.91 Å². The number of halogens is 2. The average Bonchev–Trinajstić information content (AvgIpc) is 2.94. The summed E-state index contributed by atoms with van der Waals surface area (Å²) in [6.07, 6.45) is 1.61. The van der Waals surface area contributed by atoms with E-state index in [-0.39, 0.29) is 5.91 Å². The maximum atomic E-state index is 13.3. The highest BCUT2D eigenvalue weighted by Gasteiger charge is 2.33. The van der Waals surface area contributed by atoms with E-state index >= 15 is 0 Å². The van der Waals surface area contributed by atoms with Crippen LogP contribution in [-0.2, 0) is 4.79 Å². The minimum atomic E-state index is -0.416. The lowest BCUT2D eigenvalue weighted by Gasteiger charge is -2.14. The largest absolute Gasteiger partial charge is 0.450 e. The monoisotopic (exact) mass is 383 g/mol. The number of thiocarbonyl (C=S) groups is 1. The van der Waals surface area contributed by atoms with Gasteiger partial charge in [-0.25, -0.2) is 4.39 Å². The van der Waals surface area contributed by atoms with Crippen molar-refractivity contribution in [3.63, 3.8) is 0 Å². The zero-order valence-corrected chi connectivity index (χ0v) is 13.6. The number of hydrogen-bond donors (Lipinski definition) is 0. The van der Waals surface area contributed by atoms with Gasteiger partial charge in [0, 0.05) is 6.08 Å². The van der Waals surface area contributed by atoms with Gasteiger partial charge in [-0.05, 0) is 46.3 Å². The van der Waals surface area contributed by atoms with E-state index in [1.54, 1.807) is 24.3 Å². The Labute approximate surface area is 137 Å². The predicted molar refractivity (Wildman–Crippen MR) is 88.5 cm³/mol. The third-order valence-electron chi connectivity index (χ3n) is 2.73. The third-order valence-corrected chi connectivity index (χ3v) is 4.46. The van der Waals surface area contributed by atoms with E-state index in [2.05, 4.69) is 15.9 Å². The highest BCUT2D eigenvalue weighted by molar-refractivity contribution is 9.10. The molecule has 1 aromatic heterocycles. The first-order valence-electron chi connectivity index (χ1n) is 5.83. The summed E-state index contributed by atoms with van der Waals surface area (Å²) in [6.45, 7) is 0. The summed E-state index contributed by atoms with van der Waals surface area (Å²) >= 11 is 9.56. The summed E-state index contributed by atoms with van der Waals surface area (Å²) < 4.78 is 19.6. The molecule has 106 valence electrons. The minimum Gasteiger partial charge on any atom is -0.450 e. The Balaban J connectivity index is 1.94. The van der Waals surface area contributed by atoms with Crippen molar-refractivity contribution in [3.05, 3.63) is 57.6 Å². The molecule has 1 saturated heterocycles. The molecule has 3 nitrogen and oxygen atoms in total. The second-order valence-corrected chi connectivity index (χ2v) is 6.60. The molecule has 0 N–H and O–H groups in total. The van der Waals surface area contributed by atoms with Crippen molar-refractivity contribution in [2.75, 3.05) is 4.90 Å². The summed E-state index contributed by atoms with van der Waals surface area (Å²) in [4.78, 5) is 14.2. The molecular formula is C14H7BrFNO2S2. The van der Waals surface area contributed by atoms with E-state index in [4.69, 9.17) is 16.6 Å². The van der Waals surface area contributed by atoms with Crippen LogP contribution in [0.1, 0.15) is 5.76 Å². The molecular weight excluding hydrogens is 377 g/mol. The second-order valence-electron chi connectivity index (χ2n) is 4.14. The van der Waals surface area contributed by atoms with Crippen LogP contribution in [0.15, 0.2) is 50.4 Å². The summed E-state index contributed by atoms with van der Waals surface area (Å²) in [6, 6.07) is 9.24. The van der Waals surface area contributed by atoms with Crippen molar-refractivity contribution in [1.29, 1.82) is 0 Å². The number of anilines is 1. The lowest BCUT2D eigenvalue weighted by molar-refractivity contribution is -0.113. The zero-order valence-electron chi connectivity index (χ0n) is 10.4. The van der Waals surface area contributed by atoms with Crippen molar-refractivity contribution in [2.24, 2.45) is 0 Å². The molecule has 21 heavy (non-hydrogen) atoms. The molecule has 0 unspecified atom stereocenters. The fourth-order valence-electron chi connectivity index (χ4n) is 1.84. The van der Waals surface area contributed by atoms with E-state index in [0.29, 0.717) is 25.3 Å². The van der Waals surface area contributed by atoms with Crippen molar-refractivity contribution >= 4 is 61.9 Å². The van der Waals surface area contributed by atoms with Crippen molar-refractivity contribution < 1.29 is 13.6 Å². The van der Waals surface area contributed by atoms with E-state index in [1.165, 1.54) is 23.1 Å². The smallest absolute Gasteiger partial charge is 0.270 e. The van der Waals surface area contributed by atoms with Crippen LogP contribution in [0.25, 0.3) is 6.08 Å². The molecule has 3 rings (SSSR count). The first-order valence-corrected chi connectivity index (χ1v) is 7.85. The third kappa shape index (κ3) is 2.95. The average molecular weight is 384 g/mol. The maximum Gasteiger partial charge on any atom is 0.270 e. The topological polar surface area (TPSA) is 33.5 Å². The van der Waals surface area contributed by atoms with Gasteiger partial charge in [0.05, 0.1) is 10.6 Å². The van der Waals surface area contributed by atoms with Gasteiger partial charge in [-0.3, -0.25) is 9.69 Å². The Hall–Kier alpha value is -1.44. The number of hydrogen-bond acceptors (Lipinski definition) is 4. The molecule has 1 aliphatic rings. The van der Waals surface area contributed by atoms with Gasteiger partial charge in [0.1, 0.15) is 11.6 Å². The van der Waals surface area contributed by atoms with Gasteiger partial charge >= 0.3 is 0 Å². The van der Waals surface area contributed by atoms with Crippen LogP contribution >= 0.6 is 39.9 Å². The summed E-state index contributed by atoms with van der Waals surface area (Å²) in [7, 11) is 0. The molecule has 1 amide bonds. The van der Waals surface area contributed by atoms with E-state index in [9.17, 15) is 9.18 Å². The fraction of sp³-hybridized carbons (Fsp3) is 0. The van der Waals surface area contributed by atoms with Crippen molar-refractivity contribution in [1.82, 2.24) is 0 Å². The number of carbonyl (C=O) groups excluding carboxylic acids is 1. The SMILES string of the molecule is O=C1/C(=C/c2ccc(Br)o2)SC(=S)N1c1cccc(F)c1. The molecule has 1 aromatic carbocycles.